The molecule has 0 amide bonds. The lowest BCUT2D eigenvalue weighted by Gasteiger charge is -2.15. The summed E-state index contributed by atoms with van der Waals surface area (Å²) in [6.07, 6.45) is 13.4. The minimum absolute atomic E-state index is 0.650. The maximum Gasteiger partial charge on any atom is 0.0480 e. The topological polar surface area (TPSA) is 21.3 Å². The summed E-state index contributed by atoms with van der Waals surface area (Å²) in [4.78, 5) is 0. The molecule has 0 aromatic carbocycles. The van der Waals surface area contributed by atoms with Crippen LogP contribution in [0.15, 0.2) is 0 Å². The van der Waals surface area contributed by atoms with Crippen molar-refractivity contribution in [2.75, 3.05) is 20.3 Å². The highest BCUT2D eigenvalue weighted by Crippen LogP contribution is 2.11. The molecule has 1 N–H and O–H groups in total. The van der Waals surface area contributed by atoms with Crippen molar-refractivity contribution in [1.82, 2.24) is 5.32 Å². The number of unbranched alkanes of at least 4 members (excludes halogenated alkanes) is 6. The van der Waals surface area contributed by atoms with E-state index >= 15 is 0 Å². The van der Waals surface area contributed by atoms with Crippen LogP contribution in [-0.2, 0) is 4.74 Å². The monoisotopic (exact) mass is 257 g/mol. The van der Waals surface area contributed by atoms with Crippen LogP contribution in [0.3, 0.4) is 0 Å². The molecule has 0 saturated carbocycles. The van der Waals surface area contributed by atoms with Gasteiger partial charge in [-0.3, -0.25) is 0 Å². The molecule has 0 aliphatic heterocycles. The summed E-state index contributed by atoms with van der Waals surface area (Å²) in [7, 11) is 2.08. The molecule has 0 saturated heterocycles. The van der Waals surface area contributed by atoms with Gasteiger partial charge in [0.2, 0.25) is 0 Å². The quantitative estimate of drug-likeness (QED) is 0.462. The second-order valence-corrected chi connectivity index (χ2v) is 5.30. The molecule has 110 valence electrons. The molecular weight excluding hydrogens is 222 g/mol. The highest BCUT2D eigenvalue weighted by atomic mass is 16.5. The average Bonchev–Trinajstić information content (AvgIpc) is 2.40. The lowest BCUT2D eigenvalue weighted by atomic mass is 10.0. The van der Waals surface area contributed by atoms with Gasteiger partial charge in [-0.05, 0) is 26.3 Å². The molecule has 0 aliphatic carbocycles. The van der Waals surface area contributed by atoms with E-state index in [0.717, 1.165) is 26.1 Å². The predicted octanol–water partition coefficient (Wildman–Crippen LogP) is 4.53. The lowest BCUT2D eigenvalue weighted by molar-refractivity contribution is 0.124. The Morgan fingerprint density at radius 1 is 0.778 bits per heavy atom. The summed E-state index contributed by atoms with van der Waals surface area (Å²) in [5, 5.41) is 3.41. The minimum Gasteiger partial charge on any atom is -0.381 e. The molecule has 1 unspecified atom stereocenters. The molecule has 0 bridgehead atoms. The van der Waals surface area contributed by atoms with Crippen LogP contribution in [0.4, 0.5) is 0 Å². The zero-order valence-electron chi connectivity index (χ0n) is 13.0. The Balaban J connectivity index is 3.27. The molecule has 2 heteroatoms. The predicted molar refractivity (Wildman–Crippen MR) is 81.2 cm³/mol. The van der Waals surface area contributed by atoms with E-state index in [1.807, 2.05) is 0 Å². The van der Waals surface area contributed by atoms with E-state index < -0.39 is 0 Å². The standard InChI is InChI=1S/C16H35NO/c1-4-6-7-8-9-10-11-12-16(17-3)13-15-18-14-5-2/h16-17H,4-15H2,1-3H3. The zero-order valence-corrected chi connectivity index (χ0v) is 13.0. The van der Waals surface area contributed by atoms with Crippen molar-refractivity contribution in [3.8, 4) is 0 Å². The molecular formula is C16H35NO. The lowest BCUT2D eigenvalue weighted by Crippen LogP contribution is -2.26. The summed E-state index contributed by atoms with van der Waals surface area (Å²) < 4.78 is 5.55. The van der Waals surface area contributed by atoms with Crippen LogP contribution < -0.4 is 5.32 Å². The Bertz CT molecular complexity index is 150. The van der Waals surface area contributed by atoms with Gasteiger partial charge in [0.15, 0.2) is 0 Å². The van der Waals surface area contributed by atoms with Crippen molar-refractivity contribution in [3.05, 3.63) is 0 Å². The van der Waals surface area contributed by atoms with E-state index in [4.69, 9.17) is 4.74 Å². The number of hydrogen-bond donors (Lipinski definition) is 1. The first kappa shape index (κ1) is 17.9. The van der Waals surface area contributed by atoms with Gasteiger partial charge in [-0.25, -0.2) is 0 Å². The van der Waals surface area contributed by atoms with Crippen LogP contribution in [0.5, 0.6) is 0 Å². The van der Waals surface area contributed by atoms with E-state index in [0.29, 0.717) is 6.04 Å². The third-order valence-corrected chi connectivity index (χ3v) is 3.52. The first-order valence-electron chi connectivity index (χ1n) is 8.10. The molecule has 0 aliphatic rings. The van der Waals surface area contributed by atoms with Crippen LogP contribution in [-0.4, -0.2) is 26.3 Å². The van der Waals surface area contributed by atoms with E-state index in [1.165, 1.54) is 51.4 Å². The molecule has 0 rings (SSSR count). The van der Waals surface area contributed by atoms with Gasteiger partial charge < -0.3 is 10.1 Å². The van der Waals surface area contributed by atoms with Crippen molar-refractivity contribution >= 4 is 0 Å². The summed E-state index contributed by atoms with van der Waals surface area (Å²) in [5.74, 6) is 0. The fraction of sp³-hybridized carbons (Fsp3) is 1.00. The van der Waals surface area contributed by atoms with Gasteiger partial charge >= 0.3 is 0 Å². The maximum atomic E-state index is 5.55. The maximum absolute atomic E-state index is 5.55. The first-order valence-corrected chi connectivity index (χ1v) is 8.10. The van der Waals surface area contributed by atoms with Crippen LogP contribution >= 0.6 is 0 Å². The molecule has 0 aromatic rings. The van der Waals surface area contributed by atoms with Crippen LogP contribution in [0.2, 0.25) is 0 Å². The molecule has 1 atom stereocenters. The van der Waals surface area contributed by atoms with E-state index in [1.54, 1.807) is 0 Å². The Labute approximate surface area is 115 Å². The van der Waals surface area contributed by atoms with Gasteiger partial charge in [0, 0.05) is 19.3 Å². The van der Waals surface area contributed by atoms with Gasteiger partial charge in [-0.15, -0.1) is 0 Å². The Morgan fingerprint density at radius 3 is 2.06 bits per heavy atom. The third kappa shape index (κ3) is 12.4. The van der Waals surface area contributed by atoms with Crippen LogP contribution in [0, 0.1) is 0 Å². The van der Waals surface area contributed by atoms with Crippen molar-refractivity contribution in [2.45, 2.75) is 84.1 Å². The summed E-state index contributed by atoms with van der Waals surface area (Å²) in [6, 6.07) is 0.650. The Morgan fingerprint density at radius 2 is 1.44 bits per heavy atom. The van der Waals surface area contributed by atoms with Crippen LogP contribution in [0.1, 0.15) is 78.1 Å². The molecule has 18 heavy (non-hydrogen) atoms. The van der Waals surface area contributed by atoms with Gasteiger partial charge in [-0.1, -0.05) is 58.8 Å². The highest BCUT2D eigenvalue weighted by Gasteiger charge is 2.05. The summed E-state index contributed by atoms with van der Waals surface area (Å²) in [5.41, 5.74) is 0. The van der Waals surface area contributed by atoms with Crippen molar-refractivity contribution in [2.24, 2.45) is 0 Å². The second kappa shape index (κ2) is 15.0. The largest absolute Gasteiger partial charge is 0.381 e. The molecule has 2 nitrogen and oxygen atoms in total. The third-order valence-electron chi connectivity index (χ3n) is 3.52. The minimum atomic E-state index is 0.650. The SMILES string of the molecule is CCCCCCCCCC(CCOCCC)NC. The Hall–Kier alpha value is -0.0800. The van der Waals surface area contributed by atoms with Gasteiger partial charge in [0.05, 0.1) is 0 Å². The number of hydrogen-bond acceptors (Lipinski definition) is 2. The Kier molecular flexibility index (Phi) is 14.9. The fourth-order valence-electron chi connectivity index (χ4n) is 2.25. The van der Waals surface area contributed by atoms with Gasteiger partial charge in [-0.2, -0.15) is 0 Å². The van der Waals surface area contributed by atoms with Crippen molar-refractivity contribution < 1.29 is 4.74 Å². The molecule has 0 radical (unpaired) electrons. The van der Waals surface area contributed by atoms with E-state index in [2.05, 4.69) is 26.2 Å². The summed E-state index contributed by atoms with van der Waals surface area (Å²) in [6.45, 7) is 6.26. The van der Waals surface area contributed by atoms with Crippen molar-refractivity contribution in [3.63, 3.8) is 0 Å². The van der Waals surface area contributed by atoms with Gasteiger partial charge in [0.25, 0.3) is 0 Å². The van der Waals surface area contributed by atoms with Crippen molar-refractivity contribution in [1.29, 1.82) is 0 Å². The molecule has 0 fully saturated rings. The number of nitrogens with one attached hydrogen (secondary N) is 1. The molecule has 0 spiro atoms. The van der Waals surface area contributed by atoms with E-state index in [9.17, 15) is 0 Å². The molecule has 0 heterocycles. The highest BCUT2D eigenvalue weighted by molar-refractivity contribution is 4.64. The summed E-state index contributed by atoms with van der Waals surface area (Å²) >= 11 is 0. The number of ether oxygens (including phenoxy) is 1. The van der Waals surface area contributed by atoms with Crippen LogP contribution in [0.25, 0.3) is 0 Å². The van der Waals surface area contributed by atoms with E-state index in [-0.39, 0.29) is 0 Å². The average molecular weight is 257 g/mol. The fourth-order valence-corrected chi connectivity index (χ4v) is 2.25. The number of rotatable bonds is 14. The first-order chi connectivity index (χ1) is 8.85. The van der Waals surface area contributed by atoms with Gasteiger partial charge in [0.1, 0.15) is 0 Å². The smallest absolute Gasteiger partial charge is 0.0480 e. The molecule has 0 aromatic heterocycles. The zero-order chi connectivity index (χ0) is 13.5. The normalized spacial score (nSPS) is 12.8. The second-order valence-electron chi connectivity index (χ2n) is 5.30.